The summed E-state index contributed by atoms with van der Waals surface area (Å²) < 4.78 is 5.02. The first-order valence-electron chi connectivity index (χ1n) is 5.53. The highest BCUT2D eigenvalue weighted by Gasteiger charge is 2.05. The summed E-state index contributed by atoms with van der Waals surface area (Å²) in [7, 11) is 1.95. The molecule has 0 radical (unpaired) electrons. The van der Waals surface area contributed by atoms with Crippen molar-refractivity contribution in [2.45, 2.75) is 13.0 Å². The Morgan fingerprint density at radius 3 is 2.65 bits per heavy atom. The number of anilines is 1. The molecule has 0 aromatic carbocycles. The van der Waals surface area contributed by atoms with Gasteiger partial charge in [-0.25, -0.2) is 9.97 Å². The highest BCUT2D eigenvalue weighted by molar-refractivity contribution is 5.30. The fraction of sp³-hybridized carbons (Fsp3) is 0.333. The molecule has 0 amide bonds. The smallest absolute Gasteiger partial charge is 0.225 e. The van der Waals surface area contributed by atoms with E-state index in [9.17, 15) is 0 Å². The van der Waals surface area contributed by atoms with Gasteiger partial charge in [0, 0.05) is 31.5 Å². The van der Waals surface area contributed by atoms with E-state index in [0.717, 1.165) is 24.1 Å². The Hall–Kier alpha value is -1.88. The Kier molecular flexibility index (Phi) is 3.72. The molecule has 2 N–H and O–H groups in total. The first-order valence-corrected chi connectivity index (χ1v) is 5.53. The lowest BCUT2D eigenvalue weighted by atomic mass is 10.2. The van der Waals surface area contributed by atoms with E-state index in [1.165, 1.54) is 0 Å². The normalized spacial score (nSPS) is 10.5. The van der Waals surface area contributed by atoms with E-state index in [1.54, 1.807) is 12.5 Å². The zero-order valence-corrected chi connectivity index (χ0v) is 9.84. The van der Waals surface area contributed by atoms with Crippen molar-refractivity contribution < 1.29 is 4.42 Å². The minimum absolute atomic E-state index is 0.619. The van der Waals surface area contributed by atoms with Crippen LogP contribution in [-0.2, 0) is 13.0 Å². The summed E-state index contributed by atoms with van der Waals surface area (Å²) in [5.41, 5.74) is 7.63. The van der Waals surface area contributed by atoms with E-state index >= 15 is 0 Å². The van der Waals surface area contributed by atoms with Crippen LogP contribution in [0.5, 0.6) is 0 Å². The average Bonchev–Trinajstić information content (AvgIpc) is 2.83. The Balaban J connectivity index is 2.01. The molecule has 17 heavy (non-hydrogen) atoms. The molecule has 0 aliphatic heterocycles. The van der Waals surface area contributed by atoms with Gasteiger partial charge in [0.25, 0.3) is 0 Å². The molecule has 0 atom stereocenters. The Bertz CT molecular complexity index is 438. The number of nitrogens with zero attached hydrogens (tertiary/aromatic N) is 3. The van der Waals surface area contributed by atoms with Gasteiger partial charge in [-0.1, -0.05) is 0 Å². The number of hydrogen-bond donors (Lipinski definition) is 1. The molecule has 0 saturated heterocycles. The molecule has 0 unspecified atom stereocenters. The van der Waals surface area contributed by atoms with Gasteiger partial charge in [-0.15, -0.1) is 0 Å². The van der Waals surface area contributed by atoms with Crippen LogP contribution < -0.4 is 10.6 Å². The Morgan fingerprint density at radius 2 is 2.06 bits per heavy atom. The topological polar surface area (TPSA) is 68.2 Å². The van der Waals surface area contributed by atoms with Crippen molar-refractivity contribution in [1.29, 1.82) is 0 Å². The molecular weight excluding hydrogens is 216 g/mol. The first kappa shape index (κ1) is 11.6. The summed E-state index contributed by atoms with van der Waals surface area (Å²) in [5.74, 6) is 0.701. The van der Waals surface area contributed by atoms with Crippen LogP contribution in [-0.4, -0.2) is 23.6 Å². The van der Waals surface area contributed by atoms with Crippen molar-refractivity contribution in [3.63, 3.8) is 0 Å². The zero-order valence-electron chi connectivity index (χ0n) is 9.84. The molecule has 0 fully saturated rings. The van der Waals surface area contributed by atoms with Crippen molar-refractivity contribution in [3.8, 4) is 0 Å². The van der Waals surface area contributed by atoms with Crippen LogP contribution in [0.1, 0.15) is 11.1 Å². The summed E-state index contributed by atoms with van der Waals surface area (Å²) in [6.07, 6.45) is 7.83. The number of rotatable bonds is 5. The van der Waals surface area contributed by atoms with E-state index in [4.69, 9.17) is 10.2 Å². The number of furan rings is 1. The maximum atomic E-state index is 5.47. The predicted octanol–water partition coefficient (Wildman–Crippen LogP) is 1.21. The third-order valence-electron chi connectivity index (χ3n) is 2.47. The molecule has 90 valence electrons. The van der Waals surface area contributed by atoms with Gasteiger partial charge >= 0.3 is 0 Å². The molecule has 2 aromatic heterocycles. The molecule has 2 aromatic rings. The fourth-order valence-electron chi connectivity index (χ4n) is 1.57. The van der Waals surface area contributed by atoms with Crippen LogP contribution >= 0.6 is 0 Å². The van der Waals surface area contributed by atoms with Crippen molar-refractivity contribution in [1.82, 2.24) is 9.97 Å². The van der Waals surface area contributed by atoms with Crippen molar-refractivity contribution >= 4 is 5.95 Å². The number of nitrogens with two attached hydrogens (primary N) is 1. The minimum Gasteiger partial charge on any atom is -0.472 e. The molecule has 2 heterocycles. The zero-order chi connectivity index (χ0) is 12.1. The lowest BCUT2D eigenvalue weighted by Crippen LogP contribution is -2.18. The van der Waals surface area contributed by atoms with E-state index in [-0.39, 0.29) is 0 Å². The van der Waals surface area contributed by atoms with Crippen LogP contribution in [0.25, 0.3) is 0 Å². The molecule has 5 nitrogen and oxygen atoms in total. The molecular formula is C12H16N4O. The summed E-state index contributed by atoms with van der Waals surface area (Å²) in [6.45, 7) is 1.35. The lowest BCUT2D eigenvalue weighted by molar-refractivity contribution is 0.563. The van der Waals surface area contributed by atoms with E-state index in [2.05, 4.69) is 9.97 Å². The third-order valence-corrected chi connectivity index (χ3v) is 2.47. The van der Waals surface area contributed by atoms with Gasteiger partial charge < -0.3 is 15.1 Å². The van der Waals surface area contributed by atoms with E-state index < -0.39 is 0 Å². The van der Waals surface area contributed by atoms with Gasteiger partial charge in [0.1, 0.15) is 0 Å². The predicted molar refractivity (Wildman–Crippen MR) is 65.6 cm³/mol. The highest BCUT2D eigenvalue weighted by Crippen LogP contribution is 2.10. The summed E-state index contributed by atoms with van der Waals surface area (Å²) in [6, 6.07) is 1.93. The highest BCUT2D eigenvalue weighted by atomic mass is 16.3. The second-order valence-electron chi connectivity index (χ2n) is 3.92. The number of aromatic nitrogens is 2. The number of hydrogen-bond acceptors (Lipinski definition) is 5. The SMILES string of the molecule is CN(Cc1ccoc1)c1ncc(CCN)cn1. The Labute approximate surface area is 100 Å². The van der Waals surface area contributed by atoms with Crippen molar-refractivity contribution in [2.24, 2.45) is 5.73 Å². The van der Waals surface area contributed by atoms with Crippen molar-refractivity contribution in [2.75, 3.05) is 18.5 Å². The summed E-state index contributed by atoms with van der Waals surface area (Å²) >= 11 is 0. The summed E-state index contributed by atoms with van der Waals surface area (Å²) in [5, 5.41) is 0. The van der Waals surface area contributed by atoms with Gasteiger partial charge in [0.2, 0.25) is 5.95 Å². The van der Waals surface area contributed by atoms with Crippen LogP contribution in [0.2, 0.25) is 0 Å². The van der Waals surface area contributed by atoms with Gasteiger partial charge in [0.05, 0.1) is 12.5 Å². The molecule has 5 heteroatoms. The van der Waals surface area contributed by atoms with Crippen LogP contribution in [0.4, 0.5) is 5.95 Å². The average molecular weight is 232 g/mol. The van der Waals surface area contributed by atoms with Gasteiger partial charge in [-0.3, -0.25) is 0 Å². The van der Waals surface area contributed by atoms with Crippen molar-refractivity contribution in [3.05, 3.63) is 42.1 Å². The molecule has 0 aliphatic rings. The van der Waals surface area contributed by atoms with E-state index in [1.807, 2.05) is 30.4 Å². The molecule has 0 spiro atoms. The maximum absolute atomic E-state index is 5.47. The van der Waals surface area contributed by atoms with Crippen LogP contribution in [0.15, 0.2) is 35.4 Å². The van der Waals surface area contributed by atoms with Gasteiger partial charge in [-0.2, -0.15) is 0 Å². The lowest BCUT2D eigenvalue weighted by Gasteiger charge is -2.15. The minimum atomic E-state index is 0.619. The van der Waals surface area contributed by atoms with Gasteiger partial charge in [-0.05, 0) is 24.6 Å². The third kappa shape index (κ3) is 3.04. The quantitative estimate of drug-likeness (QED) is 0.839. The molecule has 0 bridgehead atoms. The van der Waals surface area contributed by atoms with Crippen LogP contribution in [0, 0.1) is 0 Å². The Morgan fingerprint density at radius 1 is 1.29 bits per heavy atom. The fourth-order valence-corrected chi connectivity index (χ4v) is 1.57. The first-order chi connectivity index (χ1) is 8.29. The summed E-state index contributed by atoms with van der Waals surface area (Å²) in [4.78, 5) is 10.6. The molecule has 0 aliphatic carbocycles. The maximum Gasteiger partial charge on any atom is 0.225 e. The molecule has 2 rings (SSSR count). The second-order valence-corrected chi connectivity index (χ2v) is 3.92. The second kappa shape index (κ2) is 5.45. The standard InChI is InChI=1S/C12H16N4O/c1-16(8-11-3-5-17-9-11)12-14-6-10(2-4-13)7-15-12/h3,5-7,9H,2,4,8,13H2,1H3. The largest absolute Gasteiger partial charge is 0.472 e. The molecule has 0 saturated carbocycles. The monoisotopic (exact) mass is 232 g/mol. The van der Waals surface area contributed by atoms with Gasteiger partial charge in [0.15, 0.2) is 0 Å². The van der Waals surface area contributed by atoms with Crippen LogP contribution in [0.3, 0.4) is 0 Å². The van der Waals surface area contributed by atoms with E-state index in [0.29, 0.717) is 12.5 Å².